The summed E-state index contributed by atoms with van der Waals surface area (Å²) in [6, 6.07) is 9.31. The Morgan fingerprint density at radius 2 is 1.82 bits per heavy atom. The molecular weight excluding hydrogens is 392 g/mol. The van der Waals surface area contributed by atoms with E-state index >= 15 is 0 Å². The van der Waals surface area contributed by atoms with Gasteiger partial charge < -0.3 is 0 Å². The summed E-state index contributed by atoms with van der Waals surface area (Å²) in [6.45, 7) is 6.05. The Bertz CT molecular complexity index is 1370. The number of rotatable bonds is 1. The lowest BCUT2D eigenvalue weighted by Gasteiger charge is -2.28. The van der Waals surface area contributed by atoms with Gasteiger partial charge >= 0.3 is 0 Å². The van der Waals surface area contributed by atoms with Gasteiger partial charge in [0.1, 0.15) is 10.5 Å². The first-order valence-corrected chi connectivity index (χ1v) is 10.8. The van der Waals surface area contributed by atoms with Crippen LogP contribution in [-0.2, 0) is 12.2 Å². The summed E-state index contributed by atoms with van der Waals surface area (Å²) in [5, 5.41) is 8.88. The van der Waals surface area contributed by atoms with Crippen molar-refractivity contribution < 1.29 is 0 Å². The molecule has 0 saturated carbocycles. The molecule has 0 atom stereocenters. The molecule has 0 N–H and O–H groups in total. The minimum absolute atomic E-state index is 0.0529. The van der Waals surface area contributed by atoms with Gasteiger partial charge in [-0.25, -0.2) is 8.97 Å². The zero-order valence-corrected chi connectivity index (χ0v) is 17.4. The fraction of sp³-hybridized carbons (Fsp3) is 0.300. The highest BCUT2D eigenvalue weighted by Gasteiger charge is 2.32. The summed E-state index contributed by atoms with van der Waals surface area (Å²) in [4.78, 5) is 28.5. The van der Waals surface area contributed by atoms with E-state index in [4.69, 9.17) is 0 Å². The van der Waals surface area contributed by atoms with E-state index in [0.29, 0.717) is 21.6 Å². The fourth-order valence-electron chi connectivity index (χ4n) is 3.72. The number of thiophene rings is 1. The molecule has 4 aromatic rings. The van der Waals surface area contributed by atoms with Crippen molar-refractivity contribution in [1.82, 2.24) is 19.2 Å². The quantitative estimate of drug-likeness (QED) is 0.481. The number of fused-ring (bicyclic) bond motifs is 5. The second kappa shape index (κ2) is 6.02. The molecule has 3 aromatic heterocycles. The first kappa shape index (κ1) is 17.6. The normalized spacial score (nSPS) is 15.8. The number of nitrogens with zero attached hydrogens (tertiary/aromatic N) is 4. The van der Waals surface area contributed by atoms with Crippen LogP contribution in [-0.4, -0.2) is 23.9 Å². The van der Waals surface area contributed by atoms with Gasteiger partial charge in [0, 0.05) is 15.4 Å². The molecule has 1 aromatic carbocycles. The third kappa shape index (κ3) is 2.48. The standard InChI is InChI=1S/C20H18N4O2S2/c1-11-16(25)24-18-15(13-9-20(2,3)27-10-14(13)28-18)17(26)23(19(24)22-21-11)12-7-5-4-6-8-12/h4-8H,9-10H2,1-3H3. The van der Waals surface area contributed by atoms with Crippen LogP contribution in [0.15, 0.2) is 39.9 Å². The van der Waals surface area contributed by atoms with Crippen LogP contribution in [0, 0.1) is 6.92 Å². The highest BCUT2D eigenvalue weighted by atomic mass is 32.2. The van der Waals surface area contributed by atoms with E-state index in [2.05, 4.69) is 24.0 Å². The highest BCUT2D eigenvalue weighted by Crippen LogP contribution is 2.44. The van der Waals surface area contributed by atoms with Crippen LogP contribution in [0.5, 0.6) is 0 Å². The monoisotopic (exact) mass is 410 g/mol. The summed E-state index contributed by atoms with van der Waals surface area (Å²) < 4.78 is 3.13. The van der Waals surface area contributed by atoms with Crippen LogP contribution < -0.4 is 11.1 Å². The molecule has 6 nitrogen and oxygen atoms in total. The second-order valence-electron chi connectivity index (χ2n) is 7.61. The lowest BCUT2D eigenvalue weighted by molar-refractivity contribution is 0.699. The molecule has 4 heterocycles. The van der Waals surface area contributed by atoms with E-state index in [0.717, 1.165) is 17.7 Å². The average Bonchev–Trinajstić information content (AvgIpc) is 3.03. The molecule has 0 aliphatic carbocycles. The first-order valence-electron chi connectivity index (χ1n) is 9.02. The third-order valence-electron chi connectivity index (χ3n) is 5.11. The van der Waals surface area contributed by atoms with Gasteiger partial charge in [-0.3, -0.25) is 9.59 Å². The molecule has 0 saturated heterocycles. The molecule has 5 rings (SSSR count). The summed E-state index contributed by atoms with van der Waals surface area (Å²) in [5.74, 6) is 1.10. The Balaban J connectivity index is 2.03. The Morgan fingerprint density at radius 3 is 2.57 bits per heavy atom. The van der Waals surface area contributed by atoms with Gasteiger partial charge in [0.05, 0.1) is 11.1 Å². The maximum absolute atomic E-state index is 13.7. The van der Waals surface area contributed by atoms with Crippen molar-refractivity contribution in [2.75, 3.05) is 0 Å². The predicted octanol–water partition coefficient (Wildman–Crippen LogP) is 3.33. The average molecular weight is 411 g/mol. The minimum atomic E-state index is -0.231. The largest absolute Gasteiger partial charge is 0.281 e. The van der Waals surface area contributed by atoms with Crippen LogP contribution in [0.25, 0.3) is 21.7 Å². The lowest BCUT2D eigenvalue weighted by Crippen LogP contribution is -2.30. The van der Waals surface area contributed by atoms with Crippen LogP contribution in [0.4, 0.5) is 0 Å². The minimum Gasteiger partial charge on any atom is -0.268 e. The van der Waals surface area contributed by atoms with Crippen LogP contribution in [0.1, 0.15) is 30.0 Å². The number of aromatic nitrogens is 4. The summed E-state index contributed by atoms with van der Waals surface area (Å²) in [5.41, 5.74) is 1.69. The Kier molecular flexibility index (Phi) is 3.79. The summed E-state index contributed by atoms with van der Waals surface area (Å²) >= 11 is 3.42. The maximum atomic E-state index is 13.7. The molecule has 0 unspecified atom stereocenters. The Labute approximate surface area is 168 Å². The zero-order chi connectivity index (χ0) is 19.6. The van der Waals surface area contributed by atoms with E-state index in [9.17, 15) is 9.59 Å². The summed E-state index contributed by atoms with van der Waals surface area (Å²) in [7, 11) is 0. The van der Waals surface area contributed by atoms with E-state index in [1.54, 1.807) is 11.3 Å². The molecule has 28 heavy (non-hydrogen) atoms. The van der Waals surface area contributed by atoms with Gasteiger partial charge in [-0.05, 0) is 31.0 Å². The van der Waals surface area contributed by atoms with E-state index in [1.165, 1.54) is 20.8 Å². The van der Waals surface area contributed by atoms with Crippen molar-refractivity contribution in [3.63, 3.8) is 0 Å². The van der Waals surface area contributed by atoms with E-state index < -0.39 is 0 Å². The van der Waals surface area contributed by atoms with Crippen molar-refractivity contribution in [3.8, 4) is 5.69 Å². The third-order valence-corrected chi connectivity index (χ3v) is 7.86. The van der Waals surface area contributed by atoms with Gasteiger partial charge in [0.2, 0.25) is 5.78 Å². The fourth-order valence-corrected chi connectivity index (χ4v) is 6.17. The number of para-hydroxylation sites is 1. The number of hydrogen-bond donors (Lipinski definition) is 0. The second-order valence-corrected chi connectivity index (χ2v) is 10.4. The van der Waals surface area contributed by atoms with E-state index in [-0.39, 0.29) is 21.6 Å². The van der Waals surface area contributed by atoms with Crippen LogP contribution >= 0.6 is 23.1 Å². The molecule has 0 radical (unpaired) electrons. The molecule has 1 aliphatic rings. The zero-order valence-electron chi connectivity index (χ0n) is 15.7. The number of benzene rings is 1. The number of aryl methyl sites for hydroxylation is 1. The molecule has 0 fully saturated rings. The molecule has 1 aliphatic heterocycles. The molecule has 8 heteroatoms. The molecular formula is C20H18N4O2S2. The highest BCUT2D eigenvalue weighted by molar-refractivity contribution is 8.00. The SMILES string of the molecule is Cc1nnc2n(-c3ccccc3)c(=O)c3c4c(sc3n2c1=O)CSC(C)(C)C4. The lowest BCUT2D eigenvalue weighted by atomic mass is 10.00. The van der Waals surface area contributed by atoms with Gasteiger partial charge in [-0.15, -0.1) is 33.3 Å². The Hall–Kier alpha value is -2.45. The molecule has 0 amide bonds. The Morgan fingerprint density at radius 1 is 1.07 bits per heavy atom. The van der Waals surface area contributed by atoms with Crippen molar-refractivity contribution >= 4 is 39.1 Å². The van der Waals surface area contributed by atoms with Crippen molar-refractivity contribution in [3.05, 3.63) is 67.2 Å². The topological polar surface area (TPSA) is 69.3 Å². The van der Waals surface area contributed by atoms with Gasteiger partial charge in [-0.2, -0.15) is 0 Å². The van der Waals surface area contributed by atoms with Crippen LogP contribution in [0.2, 0.25) is 0 Å². The molecule has 0 bridgehead atoms. The van der Waals surface area contributed by atoms with Crippen molar-refractivity contribution in [2.24, 2.45) is 0 Å². The van der Waals surface area contributed by atoms with Gasteiger partial charge in [0.15, 0.2) is 0 Å². The smallest absolute Gasteiger partial charge is 0.268 e. The van der Waals surface area contributed by atoms with Crippen LogP contribution in [0.3, 0.4) is 0 Å². The van der Waals surface area contributed by atoms with Gasteiger partial charge in [-0.1, -0.05) is 32.0 Å². The molecule has 142 valence electrons. The van der Waals surface area contributed by atoms with Crippen molar-refractivity contribution in [1.29, 1.82) is 0 Å². The first-order chi connectivity index (χ1) is 13.4. The number of thioether (sulfide) groups is 1. The molecule has 0 spiro atoms. The van der Waals surface area contributed by atoms with Crippen molar-refractivity contribution in [2.45, 2.75) is 37.7 Å². The number of hydrogen-bond acceptors (Lipinski definition) is 6. The summed E-state index contributed by atoms with van der Waals surface area (Å²) in [6.07, 6.45) is 0.800. The van der Waals surface area contributed by atoms with Gasteiger partial charge in [0.25, 0.3) is 11.1 Å². The maximum Gasteiger partial charge on any atom is 0.281 e. The predicted molar refractivity (Wildman–Crippen MR) is 114 cm³/mol. The van der Waals surface area contributed by atoms with E-state index in [1.807, 2.05) is 42.1 Å².